The fourth-order valence-electron chi connectivity index (χ4n) is 2.22. The molecule has 2 aromatic heterocycles. The van der Waals surface area contributed by atoms with Crippen LogP contribution in [0.4, 0.5) is 4.39 Å². The number of nitrogens with one attached hydrogen (secondary N) is 2. The number of carbonyl (C=O) groups excluding carboxylic acids is 2. The van der Waals surface area contributed by atoms with Crippen molar-refractivity contribution in [1.29, 1.82) is 0 Å². The highest BCUT2D eigenvalue weighted by Gasteiger charge is 2.14. The predicted molar refractivity (Wildman–Crippen MR) is 97.8 cm³/mol. The van der Waals surface area contributed by atoms with Crippen LogP contribution < -0.4 is 10.9 Å². The summed E-state index contributed by atoms with van der Waals surface area (Å²) >= 11 is 4.54. The first-order valence-electron chi connectivity index (χ1n) is 7.22. The molecule has 3 rings (SSSR count). The lowest BCUT2D eigenvalue weighted by molar-refractivity contribution is 0.0844. The molecule has 2 heterocycles. The highest BCUT2D eigenvalue weighted by atomic mass is 79.9. The Bertz CT molecular complexity index is 934. The van der Waals surface area contributed by atoms with Crippen molar-refractivity contribution in [3.63, 3.8) is 0 Å². The van der Waals surface area contributed by atoms with Gasteiger partial charge in [-0.3, -0.25) is 20.4 Å². The molecule has 0 spiro atoms. The van der Waals surface area contributed by atoms with Crippen molar-refractivity contribution in [3.05, 3.63) is 69.5 Å². The molecule has 0 aliphatic heterocycles. The quantitative estimate of drug-likeness (QED) is 0.632. The number of amides is 2. The molecule has 25 heavy (non-hydrogen) atoms. The number of aromatic nitrogens is 1. The predicted octanol–water partition coefficient (Wildman–Crippen LogP) is 3.73. The van der Waals surface area contributed by atoms with Crippen LogP contribution in [0.5, 0.6) is 0 Å². The fourth-order valence-corrected chi connectivity index (χ4v) is 3.65. The van der Waals surface area contributed by atoms with Crippen LogP contribution in [0, 0.1) is 5.82 Å². The molecule has 0 aliphatic carbocycles. The molecule has 2 N–H and O–H groups in total. The Morgan fingerprint density at radius 2 is 1.76 bits per heavy atom. The highest BCUT2D eigenvalue weighted by Crippen LogP contribution is 2.28. The van der Waals surface area contributed by atoms with E-state index in [0.717, 1.165) is 14.9 Å². The molecule has 0 atom stereocenters. The largest absolute Gasteiger partial charge is 0.345 e. The van der Waals surface area contributed by atoms with E-state index in [-0.39, 0.29) is 5.82 Å². The smallest absolute Gasteiger partial charge is 0.286 e. The molecule has 2 amide bonds. The number of halogens is 2. The number of thiophene rings is 1. The fraction of sp³-hybridized carbons (Fsp3) is 0.0588. The summed E-state index contributed by atoms with van der Waals surface area (Å²) in [5.41, 5.74) is 6.01. The van der Waals surface area contributed by atoms with Crippen LogP contribution >= 0.6 is 27.3 Å². The molecular weight excluding hydrogens is 409 g/mol. The van der Waals surface area contributed by atoms with Gasteiger partial charge in [-0.1, -0.05) is 12.1 Å². The van der Waals surface area contributed by atoms with Crippen LogP contribution in [-0.4, -0.2) is 16.4 Å². The van der Waals surface area contributed by atoms with E-state index in [9.17, 15) is 14.0 Å². The lowest BCUT2D eigenvalue weighted by atomic mass is 10.2. The second kappa shape index (κ2) is 7.20. The number of hydrogen-bond donors (Lipinski definition) is 2. The van der Waals surface area contributed by atoms with Gasteiger partial charge in [-0.05, 0) is 51.8 Å². The average molecular weight is 422 g/mol. The molecule has 0 radical (unpaired) electrons. The molecule has 0 saturated carbocycles. The lowest BCUT2D eigenvalue weighted by Crippen LogP contribution is -2.41. The van der Waals surface area contributed by atoms with Crippen molar-refractivity contribution < 1.29 is 14.0 Å². The average Bonchev–Trinajstić information content (AvgIpc) is 3.20. The molecule has 0 bridgehead atoms. The van der Waals surface area contributed by atoms with Crippen LogP contribution in [-0.2, 0) is 7.05 Å². The minimum atomic E-state index is -0.420. The summed E-state index contributed by atoms with van der Waals surface area (Å²) in [6.07, 6.45) is 1.74. The van der Waals surface area contributed by atoms with Gasteiger partial charge in [0.15, 0.2) is 0 Å². The summed E-state index contributed by atoms with van der Waals surface area (Å²) in [6.45, 7) is 0. The third kappa shape index (κ3) is 3.97. The van der Waals surface area contributed by atoms with E-state index in [1.165, 1.54) is 23.5 Å². The molecule has 3 aromatic rings. The van der Waals surface area contributed by atoms with Crippen LogP contribution in [0.25, 0.3) is 10.4 Å². The van der Waals surface area contributed by atoms with Gasteiger partial charge in [-0.2, -0.15) is 0 Å². The Labute approximate surface area is 155 Å². The molecule has 1 aromatic carbocycles. The highest BCUT2D eigenvalue weighted by molar-refractivity contribution is 9.10. The van der Waals surface area contributed by atoms with Crippen LogP contribution in [0.3, 0.4) is 0 Å². The Morgan fingerprint density at radius 3 is 2.40 bits per heavy atom. The Morgan fingerprint density at radius 1 is 1.08 bits per heavy atom. The lowest BCUT2D eigenvalue weighted by Gasteiger charge is -2.06. The molecule has 5 nitrogen and oxygen atoms in total. The monoisotopic (exact) mass is 421 g/mol. The van der Waals surface area contributed by atoms with Gasteiger partial charge < -0.3 is 4.57 Å². The minimum absolute atomic E-state index is 0.312. The summed E-state index contributed by atoms with van der Waals surface area (Å²) in [5.74, 6) is -1.15. The van der Waals surface area contributed by atoms with Gasteiger partial charge in [-0.15, -0.1) is 11.3 Å². The zero-order chi connectivity index (χ0) is 18.0. The molecular formula is C17H13BrFN3O2S. The summed E-state index contributed by atoms with van der Waals surface area (Å²) in [4.78, 5) is 25.5. The minimum Gasteiger partial charge on any atom is -0.345 e. The zero-order valence-corrected chi connectivity index (χ0v) is 15.4. The Hall–Kier alpha value is -2.45. The molecule has 8 heteroatoms. The first-order valence-corrected chi connectivity index (χ1v) is 8.83. The third-order valence-corrected chi connectivity index (χ3v) is 5.02. The SMILES string of the molecule is Cn1cc(Br)cc1C(=O)NNC(=O)c1ccc(-c2ccc(F)cc2)s1. The van der Waals surface area contributed by atoms with Crippen LogP contribution in [0.1, 0.15) is 20.2 Å². The number of hydrogen-bond acceptors (Lipinski definition) is 3. The van der Waals surface area contributed by atoms with Gasteiger partial charge in [0.25, 0.3) is 11.8 Å². The number of benzene rings is 1. The number of carbonyl (C=O) groups is 2. The van der Waals surface area contributed by atoms with E-state index in [4.69, 9.17) is 0 Å². The number of nitrogens with zero attached hydrogens (tertiary/aromatic N) is 1. The van der Waals surface area contributed by atoms with E-state index in [0.29, 0.717) is 10.6 Å². The van der Waals surface area contributed by atoms with E-state index in [2.05, 4.69) is 26.8 Å². The van der Waals surface area contributed by atoms with Gasteiger partial charge in [0, 0.05) is 22.6 Å². The molecule has 0 fully saturated rings. The first kappa shape index (κ1) is 17.4. The number of aryl methyl sites for hydroxylation is 1. The van der Waals surface area contributed by atoms with Crippen molar-refractivity contribution in [3.8, 4) is 10.4 Å². The van der Waals surface area contributed by atoms with Crippen LogP contribution in [0.2, 0.25) is 0 Å². The van der Waals surface area contributed by atoms with Crippen molar-refractivity contribution in [2.45, 2.75) is 0 Å². The normalized spacial score (nSPS) is 10.5. The maximum Gasteiger partial charge on any atom is 0.286 e. The number of rotatable bonds is 3. The van der Waals surface area contributed by atoms with Crippen molar-refractivity contribution >= 4 is 39.1 Å². The summed E-state index contributed by atoms with van der Waals surface area (Å²) in [7, 11) is 1.73. The van der Waals surface area contributed by atoms with Crippen LogP contribution in [0.15, 0.2) is 53.1 Å². The molecule has 0 saturated heterocycles. The van der Waals surface area contributed by atoms with E-state index >= 15 is 0 Å². The molecule has 128 valence electrons. The first-order chi connectivity index (χ1) is 11.9. The topological polar surface area (TPSA) is 63.1 Å². The molecule has 0 unspecified atom stereocenters. The van der Waals surface area contributed by atoms with Gasteiger partial charge in [0.1, 0.15) is 11.5 Å². The second-order valence-electron chi connectivity index (χ2n) is 5.23. The van der Waals surface area contributed by atoms with Crippen molar-refractivity contribution in [1.82, 2.24) is 15.4 Å². The van der Waals surface area contributed by atoms with Gasteiger partial charge >= 0.3 is 0 Å². The van der Waals surface area contributed by atoms with Crippen molar-refractivity contribution in [2.75, 3.05) is 0 Å². The van der Waals surface area contributed by atoms with E-state index in [1.807, 2.05) is 0 Å². The summed E-state index contributed by atoms with van der Waals surface area (Å²) in [5, 5.41) is 0. The maximum absolute atomic E-state index is 13.0. The summed E-state index contributed by atoms with van der Waals surface area (Å²) < 4.78 is 15.4. The van der Waals surface area contributed by atoms with E-state index in [1.54, 1.807) is 48.1 Å². The summed E-state index contributed by atoms with van der Waals surface area (Å²) in [6, 6.07) is 11.1. The maximum atomic E-state index is 13.0. The second-order valence-corrected chi connectivity index (χ2v) is 7.23. The van der Waals surface area contributed by atoms with Gasteiger partial charge in [0.2, 0.25) is 0 Å². The Kier molecular flexibility index (Phi) is 5.00. The Balaban J connectivity index is 1.65. The zero-order valence-electron chi connectivity index (χ0n) is 13.0. The third-order valence-electron chi connectivity index (χ3n) is 3.45. The standard InChI is InChI=1S/C17H13BrFN3O2S/c1-22-9-11(18)8-13(22)16(23)20-21-17(24)15-7-6-14(25-15)10-2-4-12(19)5-3-10/h2-9H,1H3,(H,20,23)(H,21,24). The van der Waals surface area contributed by atoms with Crippen molar-refractivity contribution in [2.24, 2.45) is 7.05 Å². The number of hydrazine groups is 1. The molecule has 0 aliphatic rings. The van der Waals surface area contributed by atoms with E-state index < -0.39 is 11.8 Å². The van der Waals surface area contributed by atoms with Gasteiger partial charge in [0.05, 0.1) is 4.88 Å². The van der Waals surface area contributed by atoms with Gasteiger partial charge in [-0.25, -0.2) is 4.39 Å².